The molecule has 1 aliphatic rings. The summed E-state index contributed by atoms with van der Waals surface area (Å²) in [5.74, 6) is 0.755. The summed E-state index contributed by atoms with van der Waals surface area (Å²) in [6, 6.07) is 2.28. The zero-order valence-electron chi connectivity index (χ0n) is 5.51. The Morgan fingerprint density at radius 3 is 2.78 bits per heavy atom. The van der Waals surface area contributed by atoms with E-state index in [1.807, 2.05) is 0 Å². The van der Waals surface area contributed by atoms with E-state index in [0.717, 1.165) is 12.8 Å². The van der Waals surface area contributed by atoms with Gasteiger partial charge in [-0.2, -0.15) is 5.26 Å². The van der Waals surface area contributed by atoms with Crippen LogP contribution in [-0.2, 0) is 0 Å². The Labute approximate surface area is 55.7 Å². The topological polar surface area (TPSA) is 49.8 Å². The standard InChI is InChI=1S/C7H12N2/c8-4-6-2-1-3-7(6)5-9/h6-7H,1-4,8H2. The minimum Gasteiger partial charge on any atom is -0.330 e. The number of nitrogens with zero attached hydrogens (tertiary/aromatic N) is 1. The molecule has 2 heteroatoms. The molecule has 0 radical (unpaired) electrons. The first kappa shape index (κ1) is 6.57. The van der Waals surface area contributed by atoms with Crippen molar-refractivity contribution < 1.29 is 0 Å². The van der Waals surface area contributed by atoms with Crippen LogP contribution >= 0.6 is 0 Å². The highest BCUT2D eigenvalue weighted by Gasteiger charge is 2.25. The van der Waals surface area contributed by atoms with E-state index in [0.29, 0.717) is 12.5 Å². The van der Waals surface area contributed by atoms with Gasteiger partial charge in [-0.25, -0.2) is 0 Å². The van der Waals surface area contributed by atoms with Gasteiger partial charge < -0.3 is 5.73 Å². The second kappa shape index (κ2) is 2.84. The van der Waals surface area contributed by atoms with Gasteiger partial charge in [0, 0.05) is 0 Å². The van der Waals surface area contributed by atoms with Crippen LogP contribution in [0.1, 0.15) is 19.3 Å². The molecule has 2 atom stereocenters. The fourth-order valence-electron chi connectivity index (χ4n) is 1.49. The van der Waals surface area contributed by atoms with Crippen molar-refractivity contribution in [3.05, 3.63) is 0 Å². The molecule has 1 saturated carbocycles. The normalized spacial score (nSPS) is 34.2. The lowest BCUT2D eigenvalue weighted by molar-refractivity contribution is 0.478. The predicted octanol–water partition coefficient (Wildman–Crippen LogP) is 0.885. The summed E-state index contributed by atoms with van der Waals surface area (Å²) in [4.78, 5) is 0. The molecule has 1 aliphatic carbocycles. The number of hydrogen-bond acceptors (Lipinski definition) is 2. The summed E-state index contributed by atoms with van der Waals surface area (Å²) in [5.41, 5.74) is 5.45. The molecule has 50 valence electrons. The van der Waals surface area contributed by atoms with Crippen molar-refractivity contribution in [1.82, 2.24) is 0 Å². The van der Waals surface area contributed by atoms with E-state index >= 15 is 0 Å². The van der Waals surface area contributed by atoms with Crippen LogP contribution in [-0.4, -0.2) is 6.54 Å². The second-order valence-corrected chi connectivity index (χ2v) is 2.66. The zero-order valence-corrected chi connectivity index (χ0v) is 5.51. The third kappa shape index (κ3) is 1.22. The van der Waals surface area contributed by atoms with Crippen molar-refractivity contribution >= 4 is 0 Å². The van der Waals surface area contributed by atoms with Gasteiger partial charge in [0.05, 0.1) is 12.0 Å². The van der Waals surface area contributed by atoms with Gasteiger partial charge in [-0.3, -0.25) is 0 Å². The first-order valence-electron chi connectivity index (χ1n) is 3.48. The first-order valence-corrected chi connectivity index (χ1v) is 3.48. The molecule has 1 rings (SSSR count). The summed E-state index contributed by atoms with van der Waals surface area (Å²) >= 11 is 0. The van der Waals surface area contributed by atoms with E-state index in [2.05, 4.69) is 6.07 Å². The minimum atomic E-state index is 0.259. The van der Waals surface area contributed by atoms with Crippen LogP contribution in [0.3, 0.4) is 0 Å². The molecule has 2 nitrogen and oxygen atoms in total. The minimum absolute atomic E-state index is 0.259. The summed E-state index contributed by atoms with van der Waals surface area (Å²) in [5, 5.41) is 8.56. The average molecular weight is 124 g/mol. The maximum absolute atomic E-state index is 8.56. The van der Waals surface area contributed by atoms with E-state index in [1.54, 1.807) is 0 Å². The van der Waals surface area contributed by atoms with Crippen molar-refractivity contribution in [1.29, 1.82) is 5.26 Å². The molecule has 0 aromatic heterocycles. The van der Waals surface area contributed by atoms with Gasteiger partial charge in [0.15, 0.2) is 0 Å². The van der Waals surface area contributed by atoms with Crippen LogP contribution < -0.4 is 5.73 Å². The molecule has 2 unspecified atom stereocenters. The lowest BCUT2D eigenvalue weighted by Gasteiger charge is -2.07. The van der Waals surface area contributed by atoms with Crippen molar-refractivity contribution in [2.24, 2.45) is 17.6 Å². The summed E-state index contributed by atoms with van der Waals surface area (Å²) in [6.45, 7) is 0.693. The average Bonchev–Trinajstić information content (AvgIpc) is 2.33. The van der Waals surface area contributed by atoms with E-state index < -0.39 is 0 Å². The third-order valence-electron chi connectivity index (χ3n) is 2.13. The molecule has 9 heavy (non-hydrogen) atoms. The Balaban J connectivity index is 2.44. The van der Waals surface area contributed by atoms with Crippen LogP contribution in [0.5, 0.6) is 0 Å². The molecule has 0 amide bonds. The molecule has 0 aliphatic heterocycles. The molecular weight excluding hydrogens is 112 g/mol. The molecule has 1 fully saturated rings. The van der Waals surface area contributed by atoms with Gasteiger partial charge in [0.2, 0.25) is 0 Å². The van der Waals surface area contributed by atoms with Gasteiger partial charge in [-0.05, 0) is 25.3 Å². The van der Waals surface area contributed by atoms with Gasteiger partial charge in [-0.15, -0.1) is 0 Å². The van der Waals surface area contributed by atoms with E-state index in [4.69, 9.17) is 11.0 Å². The van der Waals surface area contributed by atoms with Crippen LogP contribution in [0.15, 0.2) is 0 Å². The summed E-state index contributed by atoms with van der Waals surface area (Å²) in [7, 11) is 0. The number of nitrogens with two attached hydrogens (primary N) is 1. The maximum Gasteiger partial charge on any atom is 0.0659 e. The molecule has 0 aromatic rings. The van der Waals surface area contributed by atoms with Gasteiger partial charge in [0.25, 0.3) is 0 Å². The van der Waals surface area contributed by atoms with Crippen molar-refractivity contribution in [3.8, 4) is 6.07 Å². The van der Waals surface area contributed by atoms with Gasteiger partial charge in [-0.1, -0.05) is 6.42 Å². The Kier molecular flexibility index (Phi) is 2.07. The first-order chi connectivity index (χ1) is 4.38. The molecule has 2 N–H and O–H groups in total. The summed E-state index contributed by atoms with van der Waals surface area (Å²) in [6.07, 6.45) is 3.42. The number of hydrogen-bond donors (Lipinski definition) is 1. The van der Waals surface area contributed by atoms with Crippen LogP contribution in [0.2, 0.25) is 0 Å². The predicted molar refractivity (Wildman–Crippen MR) is 35.5 cm³/mol. The van der Waals surface area contributed by atoms with Crippen molar-refractivity contribution in [3.63, 3.8) is 0 Å². The highest BCUT2D eigenvalue weighted by molar-refractivity contribution is 4.92. The monoisotopic (exact) mass is 124 g/mol. The molecule has 0 saturated heterocycles. The smallest absolute Gasteiger partial charge is 0.0659 e. The highest BCUT2D eigenvalue weighted by Crippen LogP contribution is 2.29. The largest absolute Gasteiger partial charge is 0.330 e. The van der Waals surface area contributed by atoms with E-state index in [9.17, 15) is 0 Å². The molecule has 0 spiro atoms. The van der Waals surface area contributed by atoms with Crippen LogP contribution in [0, 0.1) is 23.2 Å². The number of rotatable bonds is 1. The van der Waals surface area contributed by atoms with Crippen LogP contribution in [0.25, 0.3) is 0 Å². The molecule has 0 bridgehead atoms. The highest BCUT2D eigenvalue weighted by atomic mass is 14.6. The fraction of sp³-hybridized carbons (Fsp3) is 0.857. The Morgan fingerprint density at radius 1 is 1.56 bits per heavy atom. The lowest BCUT2D eigenvalue weighted by Crippen LogP contribution is -2.16. The van der Waals surface area contributed by atoms with Gasteiger partial charge >= 0.3 is 0 Å². The Hall–Kier alpha value is -0.550. The maximum atomic E-state index is 8.56. The van der Waals surface area contributed by atoms with Crippen molar-refractivity contribution in [2.75, 3.05) is 6.54 Å². The Bertz CT molecular complexity index is 125. The van der Waals surface area contributed by atoms with Crippen molar-refractivity contribution in [2.45, 2.75) is 19.3 Å². The third-order valence-corrected chi connectivity index (χ3v) is 2.13. The lowest BCUT2D eigenvalue weighted by atomic mass is 9.98. The Morgan fingerprint density at radius 2 is 2.33 bits per heavy atom. The molecule has 0 aromatic carbocycles. The van der Waals surface area contributed by atoms with Gasteiger partial charge in [0.1, 0.15) is 0 Å². The quantitative estimate of drug-likeness (QED) is 0.564. The van der Waals surface area contributed by atoms with E-state index in [-0.39, 0.29) is 5.92 Å². The van der Waals surface area contributed by atoms with Crippen LogP contribution in [0.4, 0.5) is 0 Å². The second-order valence-electron chi connectivity index (χ2n) is 2.66. The fourth-order valence-corrected chi connectivity index (χ4v) is 1.49. The van der Waals surface area contributed by atoms with E-state index in [1.165, 1.54) is 6.42 Å². The summed E-state index contributed by atoms with van der Waals surface area (Å²) < 4.78 is 0. The SMILES string of the molecule is N#CC1CCCC1CN. The molecular formula is C7H12N2. The zero-order chi connectivity index (χ0) is 6.69. The molecule has 0 heterocycles. The number of nitriles is 1.